The Morgan fingerprint density at radius 1 is 1.35 bits per heavy atom. The van der Waals surface area contributed by atoms with Crippen LogP contribution >= 0.6 is 0 Å². The molecule has 2 aromatic rings. The molecule has 126 valence electrons. The number of nitrogen functional groups attached to an aromatic ring is 1. The van der Waals surface area contributed by atoms with Gasteiger partial charge >= 0.3 is 0 Å². The summed E-state index contributed by atoms with van der Waals surface area (Å²) in [6.07, 6.45) is -3.01. The molecule has 0 unspecified atom stereocenters. The molecule has 0 aliphatic carbocycles. The number of aromatic nitrogens is 4. The average Bonchev–Trinajstić information content (AvgIpc) is 3.01. The smallest absolute Gasteiger partial charge is 0.295 e. The van der Waals surface area contributed by atoms with Gasteiger partial charge in [-0.15, -0.1) is 0 Å². The second-order valence-corrected chi connectivity index (χ2v) is 6.67. The van der Waals surface area contributed by atoms with Gasteiger partial charge in [-0.2, -0.15) is 0 Å². The highest BCUT2D eigenvalue weighted by Gasteiger charge is 2.63. The van der Waals surface area contributed by atoms with E-state index in [4.69, 9.17) is 15.6 Å². The fraction of sp³-hybridized carbons (Fsp3) is 0.500. The number of ether oxygens (including phenoxy) is 1. The van der Waals surface area contributed by atoms with Crippen molar-refractivity contribution in [2.45, 2.75) is 23.4 Å². The third-order valence-corrected chi connectivity index (χ3v) is 5.03. The molecule has 1 saturated heterocycles. The molecule has 1 aliphatic heterocycles. The van der Waals surface area contributed by atoms with Crippen LogP contribution < -0.4 is 10.9 Å². The molecule has 7 N–H and O–H groups in total. The zero-order valence-electron chi connectivity index (χ0n) is 11.5. The molecule has 1 fully saturated rings. The van der Waals surface area contributed by atoms with E-state index in [9.17, 15) is 23.7 Å². The van der Waals surface area contributed by atoms with Crippen LogP contribution in [0.4, 0.5) is 5.82 Å². The SMILES string of the molecule is Nc1ncnc2c1ncn2[C@]1(S(N)(=O)=O)O[C@H](CO)[C@@H](O)[C@H]1O. The van der Waals surface area contributed by atoms with Gasteiger partial charge in [0.1, 0.15) is 36.5 Å². The Bertz CT molecular complexity index is 855. The number of sulfonamides is 1. The van der Waals surface area contributed by atoms with E-state index in [0.717, 1.165) is 17.2 Å². The van der Waals surface area contributed by atoms with E-state index in [1.165, 1.54) is 0 Å². The van der Waals surface area contributed by atoms with Crippen molar-refractivity contribution in [1.82, 2.24) is 19.5 Å². The van der Waals surface area contributed by atoms with Crippen molar-refractivity contribution >= 4 is 27.0 Å². The molecule has 2 aromatic heterocycles. The first-order chi connectivity index (χ1) is 10.7. The Morgan fingerprint density at radius 2 is 2.04 bits per heavy atom. The lowest BCUT2D eigenvalue weighted by molar-refractivity contribution is -0.0842. The number of nitrogens with two attached hydrogens (primary N) is 2. The summed E-state index contributed by atoms with van der Waals surface area (Å²) in [6.45, 7) is -0.737. The number of aliphatic hydroxyl groups excluding tert-OH is 3. The van der Waals surface area contributed by atoms with E-state index >= 15 is 0 Å². The van der Waals surface area contributed by atoms with Gasteiger partial charge in [-0.05, 0) is 0 Å². The molecular formula is C10H14N6O6S. The predicted molar refractivity (Wildman–Crippen MR) is 74.8 cm³/mol. The van der Waals surface area contributed by atoms with Gasteiger partial charge in [0.15, 0.2) is 11.5 Å². The Kier molecular flexibility index (Phi) is 3.51. The molecule has 0 spiro atoms. The van der Waals surface area contributed by atoms with Gasteiger partial charge in [-0.1, -0.05) is 0 Å². The number of aliphatic hydroxyl groups is 3. The first-order valence-electron chi connectivity index (χ1n) is 6.35. The number of imidazole rings is 1. The molecular weight excluding hydrogens is 332 g/mol. The monoisotopic (exact) mass is 346 g/mol. The molecule has 0 saturated carbocycles. The number of rotatable bonds is 3. The van der Waals surface area contributed by atoms with E-state index in [0.29, 0.717) is 0 Å². The predicted octanol–water partition coefficient (Wildman–Crippen LogP) is -3.58. The van der Waals surface area contributed by atoms with E-state index in [-0.39, 0.29) is 17.0 Å². The fourth-order valence-electron chi connectivity index (χ4n) is 2.57. The van der Waals surface area contributed by atoms with Gasteiger partial charge in [-0.25, -0.2) is 28.5 Å². The molecule has 0 bridgehead atoms. The second kappa shape index (κ2) is 5.05. The normalized spacial score (nSPS) is 31.7. The van der Waals surface area contributed by atoms with Crippen molar-refractivity contribution in [3.05, 3.63) is 12.7 Å². The summed E-state index contributed by atoms with van der Waals surface area (Å²) in [6, 6.07) is 0. The largest absolute Gasteiger partial charge is 0.394 e. The van der Waals surface area contributed by atoms with E-state index in [1.54, 1.807) is 0 Å². The quantitative estimate of drug-likeness (QED) is 0.370. The van der Waals surface area contributed by atoms with E-state index < -0.39 is 40.0 Å². The van der Waals surface area contributed by atoms with Gasteiger partial charge in [0.2, 0.25) is 0 Å². The Hall–Kier alpha value is -1.90. The van der Waals surface area contributed by atoms with Gasteiger partial charge in [0.25, 0.3) is 15.1 Å². The lowest BCUT2D eigenvalue weighted by atomic mass is 10.1. The summed E-state index contributed by atoms with van der Waals surface area (Å²) < 4.78 is 30.4. The maximum absolute atomic E-state index is 12.2. The van der Waals surface area contributed by atoms with Crippen LogP contribution in [-0.2, 0) is 19.8 Å². The number of primary sulfonamides is 1. The highest BCUT2D eigenvalue weighted by atomic mass is 32.2. The van der Waals surface area contributed by atoms with Crippen LogP contribution in [0.25, 0.3) is 11.2 Å². The Labute approximate surface area is 129 Å². The molecule has 0 amide bonds. The fourth-order valence-corrected chi connectivity index (χ4v) is 3.71. The molecule has 0 aromatic carbocycles. The molecule has 12 nitrogen and oxygen atoms in total. The lowest BCUT2D eigenvalue weighted by Gasteiger charge is -2.30. The first kappa shape index (κ1) is 16.0. The Balaban J connectivity index is 2.32. The van der Waals surface area contributed by atoms with Crippen molar-refractivity contribution in [2.24, 2.45) is 5.14 Å². The van der Waals surface area contributed by atoms with E-state index in [2.05, 4.69) is 15.0 Å². The van der Waals surface area contributed by atoms with Gasteiger partial charge in [-0.3, -0.25) is 4.57 Å². The summed E-state index contributed by atoms with van der Waals surface area (Å²) in [5.74, 6) is -0.0231. The number of anilines is 1. The molecule has 1 aliphatic rings. The van der Waals surface area contributed by atoms with E-state index in [1.807, 2.05) is 0 Å². The molecule has 3 heterocycles. The minimum atomic E-state index is -4.64. The second-order valence-electron chi connectivity index (χ2n) is 5.00. The highest BCUT2D eigenvalue weighted by molar-refractivity contribution is 7.89. The number of hydrogen-bond donors (Lipinski definition) is 5. The molecule has 4 atom stereocenters. The maximum Gasteiger partial charge on any atom is 0.295 e. The van der Waals surface area contributed by atoms with Crippen LogP contribution in [0.5, 0.6) is 0 Å². The van der Waals surface area contributed by atoms with Gasteiger partial charge < -0.3 is 25.8 Å². The lowest BCUT2D eigenvalue weighted by Crippen LogP contribution is -2.54. The standard InChI is InChI=1S/C10H14N6O6S/c11-8-5-9(14-2-13-8)16(3-15-5)10(23(12,20)21)7(19)6(18)4(1-17)22-10/h2-4,6-7,17-19H,1H2,(H2,11,13,14)(H2,12,20,21)/t4-,6-,7-,10+/m1/s1. The van der Waals surface area contributed by atoms with Crippen LogP contribution in [0.1, 0.15) is 0 Å². The average molecular weight is 346 g/mol. The van der Waals surface area contributed by atoms with Crippen molar-refractivity contribution in [2.75, 3.05) is 12.3 Å². The topological polar surface area (TPSA) is 200 Å². The summed E-state index contributed by atoms with van der Waals surface area (Å²) in [4.78, 5) is 11.5. The third-order valence-electron chi connectivity index (χ3n) is 3.68. The summed E-state index contributed by atoms with van der Waals surface area (Å²) in [5.41, 5.74) is 5.63. The molecule has 0 radical (unpaired) electrons. The van der Waals surface area contributed by atoms with Crippen LogP contribution in [0.3, 0.4) is 0 Å². The van der Waals surface area contributed by atoms with Crippen LogP contribution in [0, 0.1) is 0 Å². The maximum atomic E-state index is 12.2. The van der Waals surface area contributed by atoms with Crippen molar-refractivity contribution in [3.63, 3.8) is 0 Å². The molecule has 3 rings (SSSR count). The zero-order chi connectivity index (χ0) is 17.0. The van der Waals surface area contributed by atoms with Crippen molar-refractivity contribution < 1.29 is 28.5 Å². The summed E-state index contributed by atoms with van der Waals surface area (Å²) >= 11 is 0. The van der Waals surface area contributed by atoms with Crippen LogP contribution in [-0.4, -0.2) is 68.2 Å². The molecule has 13 heteroatoms. The third kappa shape index (κ3) is 2.02. The van der Waals surface area contributed by atoms with Gasteiger partial charge in [0, 0.05) is 0 Å². The summed E-state index contributed by atoms with van der Waals surface area (Å²) in [7, 11) is -4.64. The minimum Gasteiger partial charge on any atom is -0.394 e. The number of hydrogen-bond acceptors (Lipinski definition) is 10. The highest BCUT2D eigenvalue weighted by Crippen LogP contribution is 2.40. The minimum absolute atomic E-state index is 0.0231. The molecule has 23 heavy (non-hydrogen) atoms. The number of nitrogens with zero attached hydrogens (tertiary/aromatic N) is 4. The zero-order valence-corrected chi connectivity index (χ0v) is 12.3. The summed E-state index contributed by atoms with van der Waals surface area (Å²) in [5, 5.41) is 32.0. The van der Waals surface area contributed by atoms with Crippen LogP contribution in [0.15, 0.2) is 12.7 Å². The van der Waals surface area contributed by atoms with Crippen LogP contribution in [0.2, 0.25) is 0 Å². The van der Waals surface area contributed by atoms with Crippen molar-refractivity contribution in [1.29, 1.82) is 0 Å². The van der Waals surface area contributed by atoms with Crippen molar-refractivity contribution in [3.8, 4) is 0 Å². The Morgan fingerprint density at radius 3 is 2.61 bits per heavy atom. The first-order valence-corrected chi connectivity index (χ1v) is 7.90. The van der Waals surface area contributed by atoms with Gasteiger partial charge in [0.05, 0.1) is 6.61 Å². The number of fused-ring (bicyclic) bond motifs is 1.